The van der Waals surface area contributed by atoms with Gasteiger partial charge in [-0.05, 0) is 43.4 Å². The highest BCUT2D eigenvalue weighted by Crippen LogP contribution is 2.19. The third-order valence-electron chi connectivity index (χ3n) is 3.51. The first-order valence-electron chi connectivity index (χ1n) is 7.03. The Hall–Kier alpha value is -2.02. The van der Waals surface area contributed by atoms with Crippen LogP contribution < -0.4 is 5.32 Å². The molecule has 2 N–H and O–H groups in total. The van der Waals surface area contributed by atoms with Crippen molar-refractivity contribution in [2.75, 3.05) is 11.9 Å². The highest BCUT2D eigenvalue weighted by Gasteiger charge is 2.09. The summed E-state index contributed by atoms with van der Waals surface area (Å²) in [4.78, 5) is 10.6. The van der Waals surface area contributed by atoms with Crippen molar-refractivity contribution in [3.05, 3.63) is 29.3 Å². The largest absolute Gasteiger partial charge is 0.481 e. The highest BCUT2D eigenvalue weighted by molar-refractivity contribution is 5.66. The summed E-state index contributed by atoms with van der Waals surface area (Å²) >= 11 is 0. The summed E-state index contributed by atoms with van der Waals surface area (Å²) in [6.07, 6.45) is 2.84. The number of anilines is 1. The van der Waals surface area contributed by atoms with Crippen LogP contribution in [-0.2, 0) is 4.79 Å². The van der Waals surface area contributed by atoms with Crippen molar-refractivity contribution >= 4 is 11.7 Å². The van der Waals surface area contributed by atoms with Crippen LogP contribution in [0, 0.1) is 24.2 Å². The van der Waals surface area contributed by atoms with Crippen LogP contribution in [-0.4, -0.2) is 17.6 Å². The predicted molar refractivity (Wildman–Crippen MR) is 79.7 cm³/mol. The van der Waals surface area contributed by atoms with Gasteiger partial charge in [-0.2, -0.15) is 5.26 Å². The second kappa shape index (κ2) is 8.21. The molecule has 20 heavy (non-hydrogen) atoms. The van der Waals surface area contributed by atoms with E-state index in [0.29, 0.717) is 17.9 Å². The van der Waals surface area contributed by atoms with Crippen LogP contribution in [0.25, 0.3) is 0 Å². The van der Waals surface area contributed by atoms with Gasteiger partial charge in [-0.1, -0.05) is 19.4 Å². The van der Waals surface area contributed by atoms with Gasteiger partial charge < -0.3 is 10.4 Å². The molecule has 0 spiro atoms. The van der Waals surface area contributed by atoms with Crippen molar-refractivity contribution in [1.29, 1.82) is 5.26 Å². The SMILES string of the molecule is CCC(CCNc1ccc(C)cc1C#N)CCC(=O)O. The van der Waals surface area contributed by atoms with E-state index in [9.17, 15) is 4.79 Å². The Morgan fingerprint density at radius 2 is 2.20 bits per heavy atom. The van der Waals surface area contributed by atoms with Crippen LogP contribution in [0.2, 0.25) is 0 Å². The number of rotatable bonds is 8. The summed E-state index contributed by atoms with van der Waals surface area (Å²) < 4.78 is 0. The molecule has 0 aliphatic carbocycles. The number of nitrogens with one attached hydrogen (secondary N) is 1. The van der Waals surface area contributed by atoms with Crippen LogP contribution in [0.4, 0.5) is 5.69 Å². The minimum atomic E-state index is -0.735. The first-order valence-corrected chi connectivity index (χ1v) is 7.03. The fourth-order valence-corrected chi connectivity index (χ4v) is 2.20. The van der Waals surface area contributed by atoms with Crippen LogP contribution in [0.3, 0.4) is 0 Å². The van der Waals surface area contributed by atoms with Gasteiger partial charge in [0.2, 0.25) is 0 Å². The maximum Gasteiger partial charge on any atom is 0.303 e. The number of hydrogen-bond acceptors (Lipinski definition) is 3. The number of carboxylic acids is 1. The molecular formula is C16H22N2O2. The molecule has 0 saturated heterocycles. The molecule has 1 unspecified atom stereocenters. The van der Waals surface area contributed by atoms with Crippen molar-refractivity contribution in [2.45, 2.75) is 39.5 Å². The molecule has 4 heteroatoms. The van der Waals surface area contributed by atoms with Crippen LogP contribution in [0.15, 0.2) is 18.2 Å². The first kappa shape index (κ1) is 16.0. The lowest BCUT2D eigenvalue weighted by molar-refractivity contribution is -0.137. The Bertz CT molecular complexity index is 492. The van der Waals surface area contributed by atoms with Crippen molar-refractivity contribution in [1.82, 2.24) is 0 Å². The third-order valence-corrected chi connectivity index (χ3v) is 3.51. The van der Waals surface area contributed by atoms with Gasteiger partial charge >= 0.3 is 5.97 Å². The molecular weight excluding hydrogens is 252 g/mol. The number of benzene rings is 1. The van der Waals surface area contributed by atoms with Crippen molar-refractivity contribution in [3.8, 4) is 6.07 Å². The van der Waals surface area contributed by atoms with E-state index in [-0.39, 0.29) is 6.42 Å². The highest BCUT2D eigenvalue weighted by atomic mass is 16.4. The van der Waals surface area contributed by atoms with Gasteiger partial charge in [0.25, 0.3) is 0 Å². The number of carbonyl (C=O) groups is 1. The zero-order valence-corrected chi connectivity index (χ0v) is 12.1. The van der Waals surface area contributed by atoms with Gasteiger partial charge in [0.05, 0.1) is 11.3 Å². The summed E-state index contributed by atoms with van der Waals surface area (Å²) in [5.74, 6) is -0.323. The number of carboxylic acid groups (broad SMARTS) is 1. The fourth-order valence-electron chi connectivity index (χ4n) is 2.20. The normalized spacial score (nSPS) is 11.7. The van der Waals surface area contributed by atoms with E-state index in [1.807, 2.05) is 25.1 Å². The average molecular weight is 274 g/mol. The van der Waals surface area contributed by atoms with Gasteiger partial charge in [0, 0.05) is 13.0 Å². The monoisotopic (exact) mass is 274 g/mol. The zero-order valence-electron chi connectivity index (χ0n) is 12.1. The maximum atomic E-state index is 10.6. The summed E-state index contributed by atoms with van der Waals surface area (Å²) in [7, 11) is 0. The minimum Gasteiger partial charge on any atom is -0.481 e. The second-order valence-corrected chi connectivity index (χ2v) is 5.08. The lowest BCUT2D eigenvalue weighted by Gasteiger charge is -2.15. The Morgan fingerprint density at radius 1 is 1.45 bits per heavy atom. The van der Waals surface area contributed by atoms with Gasteiger partial charge in [-0.3, -0.25) is 4.79 Å². The molecule has 108 valence electrons. The maximum absolute atomic E-state index is 10.6. The smallest absolute Gasteiger partial charge is 0.303 e. The van der Waals surface area contributed by atoms with E-state index in [1.54, 1.807) is 0 Å². The summed E-state index contributed by atoms with van der Waals surface area (Å²) in [6.45, 7) is 4.80. The molecule has 1 aromatic carbocycles. The molecule has 4 nitrogen and oxygen atoms in total. The van der Waals surface area contributed by atoms with E-state index >= 15 is 0 Å². The van der Waals surface area contributed by atoms with Crippen LogP contribution >= 0.6 is 0 Å². The first-order chi connectivity index (χ1) is 9.56. The topological polar surface area (TPSA) is 73.1 Å². The molecule has 0 heterocycles. The van der Waals surface area contributed by atoms with Gasteiger partial charge in [-0.15, -0.1) is 0 Å². The van der Waals surface area contributed by atoms with Gasteiger partial charge in [-0.25, -0.2) is 0 Å². The van der Waals surface area contributed by atoms with Crippen molar-refractivity contribution in [3.63, 3.8) is 0 Å². The van der Waals surface area contributed by atoms with E-state index < -0.39 is 5.97 Å². The predicted octanol–water partition coefficient (Wildman–Crippen LogP) is 3.56. The molecule has 0 saturated carbocycles. The number of hydrogen-bond donors (Lipinski definition) is 2. The van der Waals surface area contributed by atoms with Crippen LogP contribution in [0.5, 0.6) is 0 Å². The lowest BCUT2D eigenvalue weighted by atomic mass is 9.96. The quantitative estimate of drug-likeness (QED) is 0.760. The van der Waals surface area contributed by atoms with E-state index in [4.69, 9.17) is 10.4 Å². The number of nitriles is 1. The summed E-state index contributed by atoms with van der Waals surface area (Å²) in [5, 5.41) is 21.1. The Balaban J connectivity index is 2.47. The molecule has 0 fully saturated rings. The Kier molecular flexibility index (Phi) is 6.58. The molecule has 1 atom stereocenters. The molecule has 0 aliphatic heterocycles. The lowest BCUT2D eigenvalue weighted by Crippen LogP contribution is -2.11. The standard InChI is InChI=1S/C16H22N2O2/c1-3-13(5-7-16(19)20)8-9-18-15-6-4-12(2)10-14(15)11-17/h4,6,10,13,18H,3,5,7-9H2,1-2H3,(H,19,20). The summed E-state index contributed by atoms with van der Waals surface area (Å²) in [6, 6.07) is 7.95. The Labute approximate surface area is 120 Å². The molecule has 1 aromatic rings. The average Bonchev–Trinajstić information content (AvgIpc) is 2.43. The van der Waals surface area contributed by atoms with Crippen molar-refractivity contribution in [2.24, 2.45) is 5.92 Å². The zero-order chi connectivity index (χ0) is 15.0. The van der Waals surface area contributed by atoms with Gasteiger partial charge in [0.1, 0.15) is 6.07 Å². The summed E-state index contributed by atoms with van der Waals surface area (Å²) in [5.41, 5.74) is 2.58. The van der Waals surface area contributed by atoms with Crippen LogP contribution in [0.1, 0.15) is 43.7 Å². The Morgan fingerprint density at radius 3 is 2.80 bits per heavy atom. The third kappa shape index (κ3) is 5.31. The van der Waals surface area contributed by atoms with E-state index in [0.717, 1.165) is 30.6 Å². The fraction of sp³-hybridized carbons (Fsp3) is 0.500. The van der Waals surface area contributed by atoms with E-state index in [2.05, 4.69) is 18.3 Å². The molecule has 0 amide bonds. The molecule has 0 aromatic heterocycles. The van der Waals surface area contributed by atoms with Crippen molar-refractivity contribution < 1.29 is 9.90 Å². The number of nitrogens with zero attached hydrogens (tertiary/aromatic N) is 1. The number of aryl methyl sites for hydroxylation is 1. The second-order valence-electron chi connectivity index (χ2n) is 5.08. The molecule has 1 rings (SSSR count). The molecule has 0 bridgehead atoms. The molecule has 0 aliphatic rings. The minimum absolute atomic E-state index is 0.229. The molecule has 0 radical (unpaired) electrons. The number of aliphatic carboxylic acids is 1. The van der Waals surface area contributed by atoms with Gasteiger partial charge in [0.15, 0.2) is 0 Å². The van der Waals surface area contributed by atoms with E-state index in [1.165, 1.54) is 0 Å².